The predicted octanol–water partition coefficient (Wildman–Crippen LogP) is 2.00. The van der Waals surface area contributed by atoms with Crippen molar-refractivity contribution in [2.75, 3.05) is 6.54 Å². The molecule has 0 atom stereocenters. The number of carbonyl (C=O) groups excluding carboxylic acids is 1. The fourth-order valence-corrected chi connectivity index (χ4v) is 2.64. The highest BCUT2D eigenvalue weighted by Gasteiger charge is 2.50. The van der Waals surface area contributed by atoms with E-state index >= 15 is 0 Å². The molecule has 2 heterocycles. The first kappa shape index (κ1) is 12.9. The number of thiazole rings is 1. The quantitative estimate of drug-likeness (QED) is 0.879. The summed E-state index contributed by atoms with van der Waals surface area (Å²) in [6.07, 6.45) is 4.32. The van der Waals surface area contributed by atoms with E-state index in [2.05, 4.69) is 10.3 Å². The molecule has 2 N–H and O–H groups in total. The van der Waals surface area contributed by atoms with Gasteiger partial charge in [0.1, 0.15) is 17.0 Å². The summed E-state index contributed by atoms with van der Waals surface area (Å²) in [6.45, 7) is 0.153. The maximum Gasteiger partial charge on any atom is 0.311 e. The van der Waals surface area contributed by atoms with E-state index in [4.69, 9.17) is 9.52 Å². The first-order valence-corrected chi connectivity index (χ1v) is 6.98. The number of carboxylic acid groups (broad SMARTS) is 1. The zero-order valence-electron chi connectivity index (χ0n) is 10.5. The van der Waals surface area contributed by atoms with Crippen molar-refractivity contribution in [3.05, 3.63) is 29.7 Å². The van der Waals surface area contributed by atoms with Gasteiger partial charge in [0.15, 0.2) is 0 Å². The number of hydrogen-bond donors (Lipinski definition) is 2. The smallest absolute Gasteiger partial charge is 0.311 e. The third-order valence-corrected chi connectivity index (χ3v) is 4.29. The monoisotopic (exact) mass is 292 g/mol. The fourth-order valence-electron chi connectivity index (χ4n) is 1.85. The van der Waals surface area contributed by atoms with Gasteiger partial charge in [0.2, 0.25) is 0 Å². The lowest BCUT2D eigenvalue weighted by Gasteiger charge is -2.09. The summed E-state index contributed by atoms with van der Waals surface area (Å²) in [4.78, 5) is 27.2. The molecule has 20 heavy (non-hydrogen) atoms. The van der Waals surface area contributed by atoms with Crippen LogP contribution in [0.3, 0.4) is 0 Å². The Hall–Kier alpha value is -2.15. The molecule has 1 saturated carbocycles. The molecule has 0 aromatic carbocycles. The van der Waals surface area contributed by atoms with E-state index in [0.29, 0.717) is 23.5 Å². The third-order valence-electron chi connectivity index (χ3n) is 3.40. The molecule has 0 radical (unpaired) electrons. The molecule has 1 aliphatic rings. The number of carbonyl (C=O) groups is 2. The second-order valence-electron chi connectivity index (χ2n) is 4.82. The predicted molar refractivity (Wildman–Crippen MR) is 71.5 cm³/mol. The van der Waals surface area contributed by atoms with E-state index < -0.39 is 11.4 Å². The van der Waals surface area contributed by atoms with Crippen LogP contribution < -0.4 is 5.32 Å². The van der Waals surface area contributed by atoms with E-state index in [1.165, 1.54) is 11.3 Å². The second-order valence-corrected chi connectivity index (χ2v) is 5.68. The van der Waals surface area contributed by atoms with Gasteiger partial charge < -0.3 is 14.8 Å². The van der Waals surface area contributed by atoms with Gasteiger partial charge in [0.05, 0.1) is 11.7 Å². The molecular weight excluding hydrogens is 280 g/mol. The number of carboxylic acids is 1. The number of hydrogen-bond acceptors (Lipinski definition) is 5. The SMILES string of the molecule is O=C(NCC1(C(=O)O)CC1)c1csc(-c2ccoc2)n1. The van der Waals surface area contributed by atoms with Crippen LogP contribution in [0.1, 0.15) is 23.3 Å². The van der Waals surface area contributed by atoms with Crippen LogP contribution in [0.4, 0.5) is 0 Å². The molecule has 6 nitrogen and oxygen atoms in total. The molecule has 0 saturated heterocycles. The summed E-state index contributed by atoms with van der Waals surface area (Å²) >= 11 is 1.34. The van der Waals surface area contributed by atoms with Gasteiger partial charge in [-0.2, -0.15) is 0 Å². The molecular formula is C13H12N2O4S. The summed E-state index contributed by atoms with van der Waals surface area (Å²) in [5, 5.41) is 14.0. The molecule has 2 aromatic heterocycles. The molecule has 7 heteroatoms. The van der Waals surface area contributed by atoms with Gasteiger partial charge in [0.25, 0.3) is 5.91 Å². The van der Waals surface area contributed by atoms with Gasteiger partial charge in [-0.15, -0.1) is 11.3 Å². The number of nitrogens with zero attached hydrogens (tertiary/aromatic N) is 1. The number of aliphatic carboxylic acids is 1. The number of furan rings is 1. The molecule has 104 valence electrons. The van der Waals surface area contributed by atoms with Crippen molar-refractivity contribution in [1.82, 2.24) is 10.3 Å². The molecule has 3 rings (SSSR count). The Kier molecular flexibility index (Phi) is 3.06. The van der Waals surface area contributed by atoms with Crippen LogP contribution in [0.5, 0.6) is 0 Å². The average Bonchev–Trinajstić information content (AvgIpc) is 2.87. The lowest BCUT2D eigenvalue weighted by Crippen LogP contribution is -2.34. The zero-order valence-corrected chi connectivity index (χ0v) is 11.3. The largest absolute Gasteiger partial charge is 0.481 e. The van der Waals surface area contributed by atoms with Gasteiger partial charge in [-0.1, -0.05) is 0 Å². The van der Waals surface area contributed by atoms with E-state index in [1.54, 1.807) is 24.0 Å². The maximum absolute atomic E-state index is 11.9. The van der Waals surface area contributed by atoms with Crippen molar-refractivity contribution in [2.24, 2.45) is 5.41 Å². The average molecular weight is 292 g/mol. The van der Waals surface area contributed by atoms with Crippen molar-refractivity contribution in [3.63, 3.8) is 0 Å². The Morgan fingerprint density at radius 2 is 2.30 bits per heavy atom. The van der Waals surface area contributed by atoms with Crippen molar-refractivity contribution < 1.29 is 19.1 Å². The first-order valence-electron chi connectivity index (χ1n) is 6.10. The summed E-state index contributed by atoms with van der Waals surface area (Å²) in [6, 6.07) is 1.77. The van der Waals surface area contributed by atoms with Gasteiger partial charge in [-0.3, -0.25) is 9.59 Å². The van der Waals surface area contributed by atoms with Gasteiger partial charge >= 0.3 is 5.97 Å². The summed E-state index contributed by atoms with van der Waals surface area (Å²) < 4.78 is 4.97. The van der Waals surface area contributed by atoms with Crippen LogP contribution >= 0.6 is 11.3 Å². The number of nitrogens with one attached hydrogen (secondary N) is 1. The van der Waals surface area contributed by atoms with Crippen molar-refractivity contribution in [3.8, 4) is 10.6 Å². The molecule has 2 aromatic rings. The Morgan fingerprint density at radius 1 is 1.50 bits per heavy atom. The maximum atomic E-state index is 11.9. The molecule has 0 spiro atoms. The molecule has 1 aliphatic carbocycles. The number of aromatic nitrogens is 1. The lowest BCUT2D eigenvalue weighted by atomic mass is 10.1. The Labute approximate surface area is 118 Å². The summed E-state index contributed by atoms with van der Waals surface area (Å²) in [7, 11) is 0. The normalized spacial score (nSPS) is 15.8. The van der Waals surface area contributed by atoms with Gasteiger partial charge in [-0.25, -0.2) is 4.98 Å². The van der Waals surface area contributed by atoms with Crippen molar-refractivity contribution in [1.29, 1.82) is 0 Å². The zero-order chi connectivity index (χ0) is 14.2. The number of rotatable bonds is 5. The van der Waals surface area contributed by atoms with Crippen LogP contribution in [0.25, 0.3) is 10.6 Å². The van der Waals surface area contributed by atoms with E-state index in [-0.39, 0.29) is 12.5 Å². The highest BCUT2D eigenvalue weighted by molar-refractivity contribution is 7.13. The Balaban J connectivity index is 1.65. The molecule has 0 bridgehead atoms. The van der Waals surface area contributed by atoms with Crippen LogP contribution in [-0.2, 0) is 4.79 Å². The van der Waals surface area contributed by atoms with Crippen LogP contribution in [0.15, 0.2) is 28.4 Å². The highest BCUT2D eigenvalue weighted by atomic mass is 32.1. The van der Waals surface area contributed by atoms with Crippen LogP contribution in [-0.4, -0.2) is 28.5 Å². The van der Waals surface area contributed by atoms with Gasteiger partial charge in [0, 0.05) is 17.5 Å². The van der Waals surface area contributed by atoms with Crippen molar-refractivity contribution >= 4 is 23.2 Å². The molecule has 0 aliphatic heterocycles. The molecule has 1 amide bonds. The summed E-state index contributed by atoms with van der Waals surface area (Å²) in [5.41, 5.74) is 0.352. The van der Waals surface area contributed by atoms with Crippen LogP contribution in [0, 0.1) is 5.41 Å². The minimum atomic E-state index is -0.852. The van der Waals surface area contributed by atoms with E-state index in [9.17, 15) is 9.59 Å². The van der Waals surface area contributed by atoms with Crippen molar-refractivity contribution in [2.45, 2.75) is 12.8 Å². The second kappa shape index (κ2) is 4.75. The fraction of sp³-hybridized carbons (Fsp3) is 0.308. The number of amides is 1. The lowest BCUT2D eigenvalue weighted by molar-refractivity contribution is -0.143. The topological polar surface area (TPSA) is 92.4 Å². The third kappa shape index (κ3) is 2.32. The Bertz CT molecular complexity index is 643. The van der Waals surface area contributed by atoms with E-state index in [1.807, 2.05) is 0 Å². The first-order chi connectivity index (χ1) is 9.61. The Morgan fingerprint density at radius 3 is 2.90 bits per heavy atom. The van der Waals surface area contributed by atoms with Crippen LogP contribution in [0.2, 0.25) is 0 Å². The highest BCUT2D eigenvalue weighted by Crippen LogP contribution is 2.45. The molecule has 1 fully saturated rings. The van der Waals surface area contributed by atoms with E-state index in [0.717, 1.165) is 5.56 Å². The minimum absolute atomic E-state index is 0.153. The standard InChI is InChI=1S/C13H12N2O4S/c16-10(14-7-13(2-3-13)12(17)18)9-6-20-11(15-9)8-1-4-19-5-8/h1,4-6H,2-3,7H2,(H,14,16)(H,17,18). The van der Waals surface area contributed by atoms with Gasteiger partial charge in [-0.05, 0) is 18.9 Å². The minimum Gasteiger partial charge on any atom is -0.481 e. The summed E-state index contributed by atoms with van der Waals surface area (Å²) in [5.74, 6) is -1.20. The molecule has 0 unspecified atom stereocenters.